The predicted molar refractivity (Wildman–Crippen MR) is 42.2 cm³/mol. The first kappa shape index (κ1) is 7.10. The van der Waals surface area contributed by atoms with Gasteiger partial charge in [-0.25, -0.2) is 0 Å². The lowest BCUT2D eigenvalue weighted by atomic mass is 10.0. The van der Waals surface area contributed by atoms with Crippen LogP contribution in [-0.2, 0) is 4.79 Å². The minimum Gasteiger partial charge on any atom is -0.340 e. The third kappa shape index (κ3) is 1.13. The molecule has 11 heavy (non-hydrogen) atoms. The number of carbonyl (C=O) groups is 1. The average Bonchev–Trinajstić information content (AvgIpc) is 1.70. The molecule has 0 aromatic rings. The average molecular weight is 154 g/mol. The second-order valence-electron chi connectivity index (χ2n) is 3.47. The van der Waals surface area contributed by atoms with Gasteiger partial charge < -0.3 is 4.90 Å². The van der Waals surface area contributed by atoms with Crippen LogP contribution in [0.4, 0.5) is 0 Å². The molecule has 0 radical (unpaired) electrons. The van der Waals surface area contributed by atoms with Crippen LogP contribution in [0.1, 0.15) is 13.3 Å². The summed E-state index contributed by atoms with van der Waals surface area (Å²) in [5, 5.41) is 0. The van der Waals surface area contributed by atoms with Crippen LogP contribution < -0.4 is 0 Å². The molecule has 0 aromatic carbocycles. The Morgan fingerprint density at radius 1 is 1.36 bits per heavy atom. The van der Waals surface area contributed by atoms with E-state index in [0.29, 0.717) is 6.04 Å². The monoisotopic (exact) mass is 154 g/mol. The van der Waals surface area contributed by atoms with Crippen LogP contribution in [0, 0.1) is 0 Å². The molecular formula is C8H14N2O. The number of nitrogens with zero attached hydrogens (tertiary/aromatic N) is 2. The summed E-state index contributed by atoms with van der Waals surface area (Å²) in [5.74, 6) is 0.224. The molecule has 2 fully saturated rings. The molecule has 0 spiro atoms. The van der Waals surface area contributed by atoms with Crippen LogP contribution in [0.3, 0.4) is 0 Å². The number of likely N-dealkylation sites (tertiary alicyclic amines) is 2. The summed E-state index contributed by atoms with van der Waals surface area (Å²) in [6, 6.07) is 0.688. The lowest BCUT2D eigenvalue weighted by Crippen LogP contribution is -2.63. The Morgan fingerprint density at radius 3 is 2.36 bits per heavy atom. The molecule has 1 amide bonds. The van der Waals surface area contributed by atoms with Gasteiger partial charge in [0.25, 0.3) is 0 Å². The Hall–Kier alpha value is -0.570. The van der Waals surface area contributed by atoms with Crippen molar-refractivity contribution < 1.29 is 4.79 Å². The zero-order valence-electron chi connectivity index (χ0n) is 6.92. The maximum Gasteiger partial charge on any atom is 0.219 e. The molecule has 2 heterocycles. The Bertz CT molecular complexity index is 171. The van der Waals surface area contributed by atoms with Crippen molar-refractivity contribution in [3.05, 3.63) is 0 Å². The topological polar surface area (TPSA) is 23.6 Å². The second-order valence-corrected chi connectivity index (χ2v) is 3.47. The summed E-state index contributed by atoms with van der Waals surface area (Å²) in [4.78, 5) is 15.2. The van der Waals surface area contributed by atoms with Crippen molar-refractivity contribution in [3.8, 4) is 0 Å². The van der Waals surface area contributed by atoms with Crippen molar-refractivity contribution in [1.82, 2.24) is 9.80 Å². The predicted octanol–water partition coefficient (Wildman–Crippen LogP) is -0.0772. The van der Waals surface area contributed by atoms with Gasteiger partial charge in [0.1, 0.15) is 0 Å². The van der Waals surface area contributed by atoms with Gasteiger partial charge in [0.05, 0.1) is 0 Å². The fourth-order valence-electron chi connectivity index (χ4n) is 1.65. The molecule has 0 atom stereocenters. The minimum absolute atomic E-state index is 0.224. The number of rotatable bonds is 1. The summed E-state index contributed by atoms with van der Waals surface area (Å²) in [6.07, 6.45) is 1.34. The van der Waals surface area contributed by atoms with Crippen LogP contribution in [0.2, 0.25) is 0 Å². The largest absolute Gasteiger partial charge is 0.340 e. The molecule has 0 aromatic heterocycles. The van der Waals surface area contributed by atoms with Gasteiger partial charge in [0, 0.05) is 26.1 Å². The summed E-state index contributed by atoms with van der Waals surface area (Å²) in [7, 11) is 0. The highest BCUT2D eigenvalue weighted by Gasteiger charge is 2.35. The molecule has 2 saturated heterocycles. The Labute approximate surface area is 67.0 Å². The van der Waals surface area contributed by atoms with Gasteiger partial charge in [-0.3, -0.25) is 9.69 Å². The highest BCUT2D eigenvalue weighted by atomic mass is 16.2. The number of hydrogen-bond acceptors (Lipinski definition) is 2. The number of hydrogen-bond donors (Lipinski definition) is 0. The highest BCUT2D eigenvalue weighted by molar-refractivity contribution is 5.74. The van der Waals surface area contributed by atoms with Gasteiger partial charge in [-0.2, -0.15) is 0 Å². The fraction of sp³-hybridized carbons (Fsp3) is 0.875. The first-order valence-electron chi connectivity index (χ1n) is 4.27. The van der Waals surface area contributed by atoms with Gasteiger partial charge in [0.15, 0.2) is 0 Å². The Morgan fingerprint density at radius 2 is 2.00 bits per heavy atom. The lowest BCUT2D eigenvalue weighted by Gasteiger charge is -2.48. The standard InChI is InChI=1S/C8H14N2O/c1-7(11)10-5-8(6-10)9-3-2-4-9/h8H,2-6H2,1H3. The van der Waals surface area contributed by atoms with Crippen molar-refractivity contribution in [2.24, 2.45) is 0 Å². The highest BCUT2D eigenvalue weighted by Crippen LogP contribution is 2.19. The molecule has 3 nitrogen and oxygen atoms in total. The molecule has 0 unspecified atom stereocenters. The molecule has 2 aliphatic rings. The van der Waals surface area contributed by atoms with E-state index in [4.69, 9.17) is 0 Å². The Kier molecular flexibility index (Phi) is 1.60. The quantitative estimate of drug-likeness (QED) is 0.527. The fourth-order valence-corrected chi connectivity index (χ4v) is 1.65. The molecule has 0 bridgehead atoms. The van der Waals surface area contributed by atoms with Crippen molar-refractivity contribution in [1.29, 1.82) is 0 Å². The SMILES string of the molecule is CC(=O)N1CC(N2CCC2)C1. The zero-order chi connectivity index (χ0) is 7.84. The molecule has 3 heteroatoms. The molecule has 0 N–H and O–H groups in total. The van der Waals surface area contributed by atoms with E-state index in [2.05, 4.69) is 4.90 Å². The van der Waals surface area contributed by atoms with Crippen LogP contribution in [0.25, 0.3) is 0 Å². The molecule has 0 aliphatic carbocycles. The minimum atomic E-state index is 0.224. The van der Waals surface area contributed by atoms with Crippen molar-refractivity contribution in [2.45, 2.75) is 19.4 Å². The molecule has 2 rings (SSSR count). The zero-order valence-corrected chi connectivity index (χ0v) is 6.92. The van der Waals surface area contributed by atoms with Crippen molar-refractivity contribution in [2.75, 3.05) is 26.2 Å². The van der Waals surface area contributed by atoms with E-state index >= 15 is 0 Å². The summed E-state index contributed by atoms with van der Waals surface area (Å²) in [5.41, 5.74) is 0. The van der Waals surface area contributed by atoms with E-state index in [1.807, 2.05) is 4.90 Å². The molecule has 2 aliphatic heterocycles. The smallest absolute Gasteiger partial charge is 0.219 e. The van der Waals surface area contributed by atoms with Crippen molar-refractivity contribution >= 4 is 5.91 Å². The molecule has 0 saturated carbocycles. The van der Waals surface area contributed by atoms with Crippen LogP contribution in [-0.4, -0.2) is 47.9 Å². The van der Waals surface area contributed by atoms with E-state index in [0.717, 1.165) is 13.1 Å². The third-order valence-corrected chi connectivity index (χ3v) is 2.71. The second kappa shape index (κ2) is 2.48. The lowest BCUT2D eigenvalue weighted by molar-refractivity contribution is -0.137. The van der Waals surface area contributed by atoms with Gasteiger partial charge in [0.2, 0.25) is 5.91 Å². The van der Waals surface area contributed by atoms with Crippen LogP contribution in [0.15, 0.2) is 0 Å². The number of amides is 1. The third-order valence-electron chi connectivity index (χ3n) is 2.71. The summed E-state index contributed by atoms with van der Waals surface area (Å²) < 4.78 is 0. The first-order chi connectivity index (χ1) is 5.27. The normalized spacial score (nSPS) is 26.1. The van der Waals surface area contributed by atoms with E-state index < -0.39 is 0 Å². The van der Waals surface area contributed by atoms with E-state index in [1.165, 1.54) is 19.5 Å². The maximum atomic E-state index is 10.8. The first-order valence-corrected chi connectivity index (χ1v) is 4.27. The van der Waals surface area contributed by atoms with Crippen molar-refractivity contribution in [3.63, 3.8) is 0 Å². The van der Waals surface area contributed by atoms with E-state index in [9.17, 15) is 4.79 Å². The van der Waals surface area contributed by atoms with E-state index in [-0.39, 0.29) is 5.91 Å². The van der Waals surface area contributed by atoms with E-state index in [1.54, 1.807) is 6.92 Å². The van der Waals surface area contributed by atoms with Crippen LogP contribution >= 0.6 is 0 Å². The van der Waals surface area contributed by atoms with Gasteiger partial charge >= 0.3 is 0 Å². The summed E-state index contributed by atoms with van der Waals surface area (Å²) >= 11 is 0. The number of carbonyl (C=O) groups excluding carboxylic acids is 1. The van der Waals surface area contributed by atoms with Gasteiger partial charge in [-0.05, 0) is 19.5 Å². The van der Waals surface area contributed by atoms with Gasteiger partial charge in [-0.15, -0.1) is 0 Å². The maximum absolute atomic E-state index is 10.8. The molecule has 62 valence electrons. The van der Waals surface area contributed by atoms with Gasteiger partial charge in [-0.1, -0.05) is 0 Å². The summed E-state index contributed by atoms with van der Waals surface area (Å²) in [6.45, 7) is 6.07. The molecular weight excluding hydrogens is 140 g/mol. The Balaban J connectivity index is 1.74. The van der Waals surface area contributed by atoms with Crippen LogP contribution in [0.5, 0.6) is 0 Å².